The minimum absolute atomic E-state index is 0.109. The standard InChI is InChI=1S/C12H16FNO/c1-3-4-5-9-6-7-10(11(13)8-9)12(15)14-2/h6-8H,3-5H2,1-2H3,(H,14,15). The Labute approximate surface area is 89.5 Å². The Bertz CT molecular complexity index is 349. The highest BCUT2D eigenvalue weighted by Gasteiger charge is 2.09. The molecule has 0 bridgehead atoms. The number of nitrogens with one attached hydrogen (secondary N) is 1. The maximum Gasteiger partial charge on any atom is 0.253 e. The fourth-order valence-corrected chi connectivity index (χ4v) is 1.41. The van der Waals surface area contributed by atoms with Gasteiger partial charge in [0.2, 0.25) is 0 Å². The number of rotatable bonds is 4. The van der Waals surface area contributed by atoms with Crippen molar-refractivity contribution in [3.63, 3.8) is 0 Å². The van der Waals surface area contributed by atoms with E-state index in [4.69, 9.17) is 0 Å². The van der Waals surface area contributed by atoms with E-state index in [9.17, 15) is 9.18 Å². The quantitative estimate of drug-likeness (QED) is 0.811. The van der Waals surface area contributed by atoms with Crippen LogP contribution in [0.2, 0.25) is 0 Å². The van der Waals surface area contributed by atoms with Crippen molar-refractivity contribution in [3.05, 3.63) is 35.1 Å². The molecule has 1 N–H and O–H groups in total. The van der Waals surface area contributed by atoms with E-state index in [1.165, 1.54) is 13.1 Å². The number of halogens is 1. The number of unbranched alkanes of at least 4 members (excludes halogenated alkanes) is 1. The van der Waals surface area contributed by atoms with Crippen molar-refractivity contribution in [2.45, 2.75) is 26.2 Å². The molecule has 0 unspecified atom stereocenters. The number of carbonyl (C=O) groups is 1. The van der Waals surface area contributed by atoms with Crippen LogP contribution >= 0.6 is 0 Å². The van der Waals surface area contributed by atoms with E-state index in [-0.39, 0.29) is 11.5 Å². The molecule has 0 atom stereocenters. The molecule has 0 aromatic heterocycles. The molecule has 0 aliphatic carbocycles. The van der Waals surface area contributed by atoms with E-state index >= 15 is 0 Å². The zero-order valence-electron chi connectivity index (χ0n) is 9.14. The fourth-order valence-electron chi connectivity index (χ4n) is 1.41. The SMILES string of the molecule is CCCCc1ccc(C(=O)NC)c(F)c1. The maximum atomic E-state index is 13.5. The molecule has 1 aromatic carbocycles. The van der Waals surface area contributed by atoms with Crippen molar-refractivity contribution in [3.8, 4) is 0 Å². The largest absolute Gasteiger partial charge is 0.355 e. The molecule has 1 rings (SSSR count). The van der Waals surface area contributed by atoms with Gasteiger partial charge in [0, 0.05) is 7.05 Å². The van der Waals surface area contributed by atoms with Crippen molar-refractivity contribution in [1.82, 2.24) is 5.32 Å². The number of aryl methyl sites for hydroxylation is 1. The Hall–Kier alpha value is -1.38. The lowest BCUT2D eigenvalue weighted by Gasteiger charge is -2.04. The zero-order chi connectivity index (χ0) is 11.3. The molecule has 0 aliphatic rings. The summed E-state index contributed by atoms with van der Waals surface area (Å²) in [6, 6.07) is 4.79. The van der Waals surface area contributed by atoms with Gasteiger partial charge in [-0.25, -0.2) is 4.39 Å². The highest BCUT2D eigenvalue weighted by atomic mass is 19.1. The predicted molar refractivity (Wildman–Crippen MR) is 58.4 cm³/mol. The smallest absolute Gasteiger partial charge is 0.253 e. The number of benzene rings is 1. The molecule has 1 aromatic rings. The van der Waals surface area contributed by atoms with Crippen LogP contribution in [-0.4, -0.2) is 13.0 Å². The highest BCUT2D eigenvalue weighted by Crippen LogP contribution is 2.12. The lowest BCUT2D eigenvalue weighted by molar-refractivity contribution is 0.0959. The summed E-state index contributed by atoms with van der Waals surface area (Å²) in [6.45, 7) is 2.09. The second-order valence-corrected chi connectivity index (χ2v) is 3.50. The van der Waals surface area contributed by atoms with Crippen LogP contribution in [0.5, 0.6) is 0 Å². The predicted octanol–water partition coefficient (Wildman–Crippen LogP) is 2.53. The Morgan fingerprint density at radius 2 is 2.20 bits per heavy atom. The third-order valence-corrected chi connectivity index (χ3v) is 2.32. The molecule has 15 heavy (non-hydrogen) atoms. The molecule has 1 amide bonds. The molecule has 2 nitrogen and oxygen atoms in total. The summed E-state index contributed by atoms with van der Waals surface area (Å²) in [5.74, 6) is -0.822. The van der Waals surface area contributed by atoms with Crippen molar-refractivity contribution >= 4 is 5.91 Å². The summed E-state index contributed by atoms with van der Waals surface area (Å²) in [6.07, 6.45) is 2.99. The lowest BCUT2D eigenvalue weighted by atomic mass is 10.1. The molecule has 0 saturated carbocycles. The van der Waals surface area contributed by atoms with Gasteiger partial charge in [0.1, 0.15) is 5.82 Å². The van der Waals surface area contributed by atoms with Gasteiger partial charge in [-0.2, -0.15) is 0 Å². The van der Waals surface area contributed by atoms with Gasteiger partial charge in [-0.3, -0.25) is 4.79 Å². The number of hydrogen-bond donors (Lipinski definition) is 1. The van der Waals surface area contributed by atoms with Crippen LogP contribution in [0.4, 0.5) is 4.39 Å². The first-order valence-electron chi connectivity index (χ1n) is 5.19. The van der Waals surface area contributed by atoms with Gasteiger partial charge in [-0.05, 0) is 30.5 Å². The third-order valence-electron chi connectivity index (χ3n) is 2.32. The Morgan fingerprint density at radius 3 is 2.73 bits per heavy atom. The van der Waals surface area contributed by atoms with Gasteiger partial charge in [0.15, 0.2) is 0 Å². The van der Waals surface area contributed by atoms with Crippen LogP contribution in [0.15, 0.2) is 18.2 Å². The van der Waals surface area contributed by atoms with E-state index in [1.54, 1.807) is 6.07 Å². The minimum Gasteiger partial charge on any atom is -0.355 e. The molecule has 0 fully saturated rings. The lowest BCUT2D eigenvalue weighted by Crippen LogP contribution is -2.19. The number of amides is 1. The summed E-state index contributed by atoms with van der Waals surface area (Å²) in [5, 5.41) is 2.41. The molecule has 0 radical (unpaired) electrons. The van der Waals surface area contributed by atoms with Crippen LogP contribution < -0.4 is 5.32 Å². The molecule has 82 valence electrons. The summed E-state index contributed by atoms with van der Waals surface area (Å²) in [5.41, 5.74) is 1.06. The van der Waals surface area contributed by atoms with E-state index in [2.05, 4.69) is 12.2 Å². The molecular weight excluding hydrogens is 193 g/mol. The molecule has 0 heterocycles. The summed E-state index contributed by atoms with van der Waals surface area (Å²) in [4.78, 5) is 11.2. The number of hydrogen-bond acceptors (Lipinski definition) is 1. The van der Waals surface area contributed by atoms with Crippen molar-refractivity contribution in [2.75, 3.05) is 7.05 Å². The first kappa shape index (κ1) is 11.7. The van der Waals surface area contributed by atoms with Crippen LogP contribution in [0.3, 0.4) is 0 Å². The first-order valence-corrected chi connectivity index (χ1v) is 5.19. The summed E-state index contributed by atoms with van der Waals surface area (Å²) in [7, 11) is 1.49. The van der Waals surface area contributed by atoms with E-state index in [1.807, 2.05) is 6.07 Å². The van der Waals surface area contributed by atoms with Crippen molar-refractivity contribution < 1.29 is 9.18 Å². The second kappa shape index (κ2) is 5.49. The Morgan fingerprint density at radius 1 is 1.47 bits per heavy atom. The first-order chi connectivity index (χ1) is 7.19. The normalized spacial score (nSPS) is 10.1. The average molecular weight is 209 g/mol. The summed E-state index contributed by atoms with van der Waals surface area (Å²) >= 11 is 0. The third kappa shape index (κ3) is 3.05. The molecule has 0 aliphatic heterocycles. The molecule has 3 heteroatoms. The Balaban J connectivity index is 2.83. The molecular formula is C12H16FNO. The van der Waals surface area contributed by atoms with Crippen molar-refractivity contribution in [2.24, 2.45) is 0 Å². The average Bonchev–Trinajstić information content (AvgIpc) is 2.25. The maximum absolute atomic E-state index is 13.5. The molecule has 0 saturated heterocycles. The topological polar surface area (TPSA) is 29.1 Å². The summed E-state index contributed by atoms with van der Waals surface area (Å²) < 4.78 is 13.5. The second-order valence-electron chi connectivity index (χ2n) is 3.50. The van der Waals surface area contributed by atoms with Gasteiger partial charge < -0.3 is 5.32 Å². The Kier molecular flexibility index (Phi) is 4.28. The molecule has 0 spiro atoms. The van der Waals surface area contributed by atoms with Crippen molar-refractivity contribution in [1.29, 1.82) is 0 Å². The zero-order valence-corrected chi connectivity index (χ0v) is 9.14. The fraction of sp³-hybridized carbons (Fsp3) is 0.417. The number of carbonyl (C=O) groups excluding carboxylic acids is 1. The van der Waals surface area contributed by atoms with E-state index < -0.39 is 5.82 Å². The van der Waals surface area contributed by atoms with Gasteiger partial charge in [-0.1, -0.05) is 19.4 Å². The van der Waals surface area contributed by atoms with E-state index in [0.29, 0.717) is 0 Å². The highest BCUT2D eigenvalue weighted by molar-refractivity contribution is 5.94. The monoisotopic (exact) mass is 209 g/mol. The van der Waals surface area contributed by atoms with E-state index in [0.717, 1.165) is 24.8 Å². The van der Waals surface area contributed by atoms with Crippen LogP contribution in [0.25, 0.3) is 0 Å². The van der Waals surface area contributed by atoms with Crippen LogP contribution in [0.1, 0.15) is 35.7 Å². The van der Waals surface area contributed by atoms with Gasteiger partial charge in [0.05, 0.1) is 5.56 Å². The van der Waals surface area contributed by atoms with Gasteiger partial charge >= 0.3 is 0 Å². The van der Waals surface area contributed by atoms with Crippen LogP contribution in [-0.2, 0) is 6.42 Å². The van der Waals surface area contributed by atoms with Crippen LogP contribution in [0, 0.1) is 5.82 Å². The van der Waals surface area contributed by atoms with Gasteiger partial charge in [-0.15, -0.1) is 0 Å². The van der Waals surface area contributed by atoms with Gasteiger partial charge in [0.25, 0.3) is 5.91 Å². The minimum atomic E-state index is -0.442.